The van der Waals surface area contributed by atoms with Crippen molar-refractivity contribution in [2.24, 2.45) is 0 Å². The van der Waals surface area contributed by atoms with Crippen molar-refractivity contribution in [3.05, 3.63) is 33.0 Å². The highest BCUT2D eigenvalue weighted by molar-refractivity contribution is 9.10. The summed E-state index contributed by atoms with van der Waals surface area (Å²) in [6.07, 6.45) is 5.12. The smallest absolute Gasteiger partial charge is 0.146 e. The average Bonchev–Trinajstić information content (AvgIpc) is 2.51. The van der Waals surface area contributed by atoms with Crippen LogP contribution < -0.4 is 0 Å². The quantitative estimate of drug-likeness (QED) is 0.339. The van der Waals surface area contributed by atoms with Crippen LogP contribution >= 0.6 is 39.1 Å². The van der Waals surface area contributed by atoms with E-state index in [-0.39, 0.29) is 22.1 Å². The van der Waals surface area contributed by atoms with E-state index < -0.39 is 0 Å². The van der Waals surface area contributed by atoms with E-state index in [0.717, 1.165) is 32.1 Å². The van der Waals surface area contributed by atoms with Crippen molar-refractivity contribution >= 4 is 39.1 Å². The van der Waals surface area contributed by atoms with Gasteiger partial charge in [0, 0.05) is 9.85 Å². The van der Waals surface area contributed by atoms with E-state index in [1.807, 2.05) is 12.1 Å². The molecule has 1 aromatic rings. The standard InChI is InChI=1S/C13H14BrCl2F/c14-11-6-5-10(13(17)12(11)16)8-3-1-2-4-9(15)7-8/h5-6,8-9H,1-4,7H2. The molecular weight excluding hydrogens is 326 g/mol. The maximum Gasteiger partial charge on any atom is 0.146 e. The van der Waals surface area contributed by atoms with Gasteiger partial charge in [-0.2, -0.15) is 0 Å². The molecule has 0 aromatic heterocycles. The SMILES string of the molecule is Fc1c(C2CCCCC(Cl)C2)ccc(Br)c1Cl. The van der Waals surface area contributed by atoms with Crippen molar-refractivity contribution in [1.82, 2.24) is 0 Å². The van der Waals surface area contributed by atoms with E-state index in [1.165, 1.54) is 0 Å². The van der Waals surface area contributed by atoms with Gasteiger partial charge in [0.15, 0.2) is 0 Å². The summed E-state index contributed by atoms with van der Waals surface area (Å²) in [5, 5.41) is 0.335. The number of alkyl halides is 1. The molecule has 1 fully saturated rings. The molecule has 0 aliphatic heterocycles. The highest BCUT2D eigenvalue weighted by Gasteiger charge is 2.23. The summed E-state index contributed by atoms with van der Waals surface area (Å²) >= 11 is 15.4. The summed E-state index contributed by atoms with van der Waals surface area (Å²) < 4.78 is 14.7. The molecule has 4 heteroatoms. The van der Waals surface area contributed by atoms with E-state index in [4.69, 9.17) is 23.2 Å². The van der Waals surface area contributed by atoms with Crippen molar-refractivity contribution < 1.29 is 4.39 Å². The summed E-state index contributed by atoms with van der Waals surface area (Å²) in [6, 6.07) is 3.64. The highest BCUT2D eigenvalue weighted by Crippen LogP contribution is 2.38. The second kappa shape index (κ2) is 5.90. The van der Waals surface area contributed by atoms with Crippen LogP contribution in [0.2, 0.25) is 5.02 Å². The molecule has 17 heavy (non-hydrogen) atoms. The minimum atomic E-state index is -0.295. The fourth-order valence-corrected chi connectivity index (χ4v) is 3.29. The summed E-state index contributed by atoms with van der Waals surface area (Å²) in [4.78, 5) is 0. The van der Waals surface area contributed by atoms with Gasteiger partial charge in [0.2, 0.25) is 0 Å². The third-order valence-electron chi connectivity index (χ3n) is 3.37. The first kappa shape index (κ1) is 13.6. The monoisotopic (exact) mass is 338 g/mol. The topological polar surface area (TPSA) is 0 Å². The molecule has 94 valence electrons. The van der Waals surface area contributed by atoms with E-state index in [1.54, 1.807) is 0 Å². The first-order valence-electron chi connectivity index (χ1n) is 5.87. The van der Waals surface area contributed by atoms with Gasteiger partial charge in [-0.15, -0.1) is 11.6 Å². The average molecular weight is 340 g/mol. The van der Waals surface area contributed by atoms with Gasteiger partial charge in [-0.25, -0.2) is 4.39 Å². The molecule has 2 rings (SSSR count). The van der Waals surface area contributed by atoms with Crippen molar-refractivity contribution in [3.63, 3.8) is 0 Å². The van der Waals surface area contributed by atoms with E-state index in [2.05, 4.69) is 15.9 Å². The fourth-order valence-electron chi connectivity index (χ4n) is 2.44. The minimum absolute atomic E-state index is 0.157. The molecule has 0 radical (unpaired) electrons. The number of hydrogen-bond donors (Lipinski definition) is 0. The molecular formula is C13H14BrCl2F. The minimum Gasteiger partial charge on any atom is -0.205 e. The van der Waals surface area contributed by atoms with Gasteiger partial charge in [0.25, 0.3) is 0 Å². The Labute approximate surface area is 120 Å². The van der Waals surface area contributed by atoms with Crippen molar-refractivity contribution in [2.45, 2.75) is 43.4 Å². The summed E-state index contributed by atoms with van der Waals surface area (Å²) in [7, 11) is 0. The number of rotatable bonds is 1. The molecule has 2 atom stereocenters. The molecule has 0 N–H and O–H groups in total. The zero-order valence-electron chi connectivity index (χ0n) is 9.36. The largest absolute Gasteiger partial charge is 0.205 e. The highest BCUT2D eigenvalue weighted by atomic mass is 79.9. The maximum atomic E-state index is 14.1. The lowest BCUT2D eigenvalue weighted by Gasteiger charge is -2.18. The van der Waals surface area contributed by atoms with Crippen LogP contribution in [0.25, 0.3) is 0 Å². The van der Waals surface area contributed by atoms with Gasteiger partial charge in [0.05, 0.1) is 5.02 Å². The van der Waals surface area contributed by atoms with Crippen LogP contribution in [0.3, 0.4) is 0 Å². The van der Waals surface area contributed by atoms with Crippen LogP contribution in [-0.4, -0.2) is 5.38 Å². The Morgan fingerprint density at radius 1 is 1.24 bits per heavy atom. The molecule has 1 aliphatic rings. The Kier molecular flexibility index (Phi) is 4.73. The lowest BCUT2D eigenvalue weighted by Crippen LogP contribution is -2.06. The van der Waals surface area contributed by atoms with Gasteiger partial charge >= 0.3 is 0 Å². The molecule has 0 spiro atoms. The Morgan fingerprint density at radius 3 is 2.71 bits per heavy atom. The molecule has 2 unspecified atom stereocenters. The summed E-state index contributed by atoms with van der Waals surface area (Å²) in [5.74, 6) is -0.0950. The predicted octanol–water partition coefficient (Wildman–Crippen LogP) is 5.90. The van der Waals surface area contributed by atoms with Crippen molar-refractivity contribution in [2.75, 3.05) is 0 Å². The van der Waals surface area contributed by atoms with Gasteiger partial charge in [-0.05, 0) is 52.7 Å². The Morgan fingerprint density at radius 2 is 1.94 bits per heavy atom. The van der Waals surface area contributed by atoms with Crippen LogP contribution in [0.1, 0.15) is 43.6 Å². The van der Waals surface area contributed by atoms with E-state index in [0.29, 0.717) is 10.0 Å². The van der Waals surface area contributed by atoms with Crippen LogP contribution in [0, 0.1) is 5.82 Å². The molecule has 1 aliphatic carbocycles. The third-order valence-corrected chi connectivity index (χ3v) is 5.02. The van der Waals surface area contributed by atoms with Crippen LogP contribution in [0.15, 0.2) is 16.6 Å². The molecule has 1 aromatic carbocycles. The molecule has 1 saturated carbocycles. The molecule has 0 bridgehead atoms. The summed E-state index contributed by atoms with van der Waals surface area (Å²) in [6.45, 7) is 0. The Bertz CT molecular complexity index is 409. The zero-order valence-corrected chi connectivity index (χ0v) is 12.5. The first-order valence-corrected chi connectivity index (χ1v) is 7.47. The lowest BCUT2D eigenvalue weighted by molar-refractivity contribution is 0.538. The lowest BCUT2D eigenvalue weighted by atomic mass is 9.91. The zero-order chi connectivity index (χ0) is 12.4. The molecule has 0 heterocycles. The van der Waals surface area contributed by atoms with Gasteiger partial charge in [0.1, 0.15) is 5.82 Å². The normalized spacial score (nSPS) is 25.6. The summed E-state index contributed by atoms with van der Waals surface area (Å²) in [5.41, 5.74) is 0.714. The van der Waals surface area contributed by atoms with Gasteiger partial charge < -0.3 is 0 Å². The van der Waals surface area contributed by atoms with Gasteiger partial charge in [-0.3, -0.25) is 0 Å². The third kappa shape index (κ3) is 3.15. The van der Waals surface area contributed by atoms with E-state index >= 15 is 0 Å². The van der Waals surface area contributed by atoms with E-state index in [9.17, 15) is 4.39 Å². The number of hydrogen-bond acceptors (Lipinski definition) is 0. The van der Waals surface area contributed by atoms with Crippen molar-refractivity contribution in [3.8, 4) is 0 Å². The van der Waals surface area contributed by atoms with Crippen LogP contribution in [-0.2, 0) is 0 Å². The van der Waals surface area contributed by atoms with Gasteiger partial charge in [-0.1, -0.05) is 30.5 Å². The second-order valence-corrected chi connectivity index (χ2v) is 6.43. The molecule has 0 amide bonds. The van der Waals surface area contributed by atoms with Crippen LogP contribution in [0.4, 0.5) is 4.39 Å². The van der Waals surface area contributed by atoms with Crippen LogP contribution in [0.5, 0.6) is 0 Å². The number of halogens is 4. The second-order valence-electron chi connectivity index (χ2n) is 4.58. The molecule has 0 saturated heterocycles. The molecule has 0 nitrogen and oxygen atoms in total. The predicted molar refractivity (Wildman–Crippen MR) is 74.6 cm³/mol. The maximum absolute atomic E-state index is 14.1. The Balaban J connectivity index is 2.29. The fraction of sp³-hybridized carbons (Fsp3) is 0.538. The Hall–Kier alpha value is 0.210. The number of benzene rings is 1. The van der Waals surface area contributed by atoms with Crippen molar-refractivity contribution in [1.29, 1.82) is 0 Å². The first-order chi connectivity index (χ1) is 8.09.